The zero-order valence-corrected chi connectivity index (χ0v) is 10.9. The van der Waals surface area contributed by atoms with Gasteiger partial charge < -0.3 is 10.1 Å². The van der Waals surface area contributed by atoms with Crippen molar-refractivity contribution < 1.29 is 9.53 Å². The van der Waals surface area contributed by atoms with Gasteiger partial charge in [-0.05, 0) is 30.7 Å². The molecule has 0 spiro atoms. The highest BCUT2D eigenvalue weighted by atomic mass is 79.9. The Hall–Kier alpha value is -0.870. The number of ether oxygens (including phenoxy) is 1. The molecule has 0 bridgehead atoms. The van der Waals surface area contributed by atoms with Gasteiger partial charge in [0.05, 0.1) is 13.5 Å². The molecular weight excluding hydrogens is 270 g/mol. The van der Waals surface area contributed by atoms with E-state index in [4.69, 9.17) is 0 Å². The summed E-state index contributed by atoms with van der Waals surface area (Å²) < 4.78 is 5.64. The summed E-state index contributed by atoms with van der Waals surface area (Å²) in [4.78, 5) is 10.8. The van der Waals surface area contributed by atoms with Crippen LogP contribution in [-0.2, 0) is 16.0 Å². The average Bonchev–Trinajstić information content (AvgIpc) is 2.31. The largest absolute Gasteiger partial charge is 0.469 e. The van der Waals surface area contributed by atoms with Gasteiger partial charge in [0.1, 0.15) is 0 Å². The molecule has 1 N–H and O–H groups in total. The van der Waals surface area contributed by atoms with Crippen molar-refractivity contribution >= 4 is 21.9 Å². The molecule has 4 heteroatoms. The van der Waals surface area contributed by atoms with Crippen molar-refractivity contribution in [1.82, 2.24) is 5.32 Å². The first-order valence-electron chi connectivity index (χ1n) is 5.24. The van der Waals surface area contributed by atoms with Crippen LogP contribution in [0.3, 0.4) is 0 Å². The number of carbonyl (C=O) groups excluding carboxylic acids is 1. The van der Waals surface area contributed by atoms with E-state index in [-0.39, 0.29) is 5.97 Å². The van der Waals surface area contributed by atoms with Crippen LogP contribution in [0.5, 0.6) is 0 Å². The number of hydrogen-bond donors (Lipinski definition) is 1. The summed E-state index contributed by atoms with van der Waals surface area (Å²) in [6, 6.07) is 8.24. The smallest absolute Gasteiger partial charge is 0.306 e. The Bertz CT molecular complexity index is 324. The van der Waals surface area contributed by atoms with E-state index < -0.39 is 0 Å². The van der Waals surface area contributed by atoms with Crippen molar-refractivity contribution in [3.05, 3.63) is 34.3 Å². The molecule has 1 rings (SSSR count). The number of nitrogens with one attached hydrogen (secondary N) is 1. The van der Waals surface area contributed by atoms with Crippen LogP contribution in [0.1, 0.15) is 12.0 Å². The quantitative estimate of drug-likeness (QED) is 0.643. The number of rotatable bonds is 6. The highest BCUT2D eigenvalue weighted by Gasteiger charge is 1.98. The lowest BCUT2D eigenvalue weighted by Crippen LogP contribution is -2.21. The van der Waals surface area contributed by atoms with Crippen molar-refractivity contribution in [2.75, 3.05) is 20.2 Å². The van der Waals surface area contributed by atoms with Gasteiger partial charge in [0.15, 0.2) is 0 Å². The van der Waals surface area contributed by atoms with Gasteiger partial charge in [0.2, 0.25) is 0 Å². The van der Waals surface area contributed by atoms with Crippen LogP contribution < -0.4 is 5.32 Å². The van der Waals surface area contributed by atoms with Crippen LogP contribution in [0.4, 0.5) is 0 Å². The third-order valence-electron chi connectivity index (χ3n) is 2.24. The van der Waals surface area contributed by atoms with E-state index in [1.54, 1.807) is 0 Å². The van der Waals surface area contributed by atoms with E-state index in [0.29, 0.717) is 13.0 Å². The molecule has 0 heterocycles. The van der Waals surface area contributed by atoms with Crippen LogP contribution in [0.15, 0.2) is 28.7 Å². The van der Waals surface area contributed by atoms with Gasteiger partial charge in [-0.15, -0.1) is 0 Å². The fourth-order valence-electron chi connectivity index (χ4n) is 1.30. The van der Waals surface area contributed by atoms with Gasteiger partial charge in [-0.25, -0.2) is 0 Å². The van der Waals surface area contributed by atoms with Crippen LogP contribution in [-0.4, -0.2) is 26.2 Å². The Morgan fingerprint density at radius 2 is 2.00 bits per heavy atom. The molecule has 0 aliphatic carbocycles. The SMILES string of the molecule is COC(=O)CCNCCc1ccc(Br)cc1. The molecule has 1 aromatic carbocycles. The average molecular weight is 286 g/mol. The summed E-state index contributed by atoms with van der Waals surface area (Å²) in [6.45, 7) is 1.54. The molecule has 3 nitrogen and oxygen atoms in total. The summed E-state index contributed by atoms with van der Waals surface area (Å²) in [5.74, 6) is -0.170. The standard InChI is InChI=1S/C12H16BrNO2/c1-16-12(15)7-9-14-8-6-10-2-4-11(13)5-3-10/h2-5,14H,6-9H2,1H3. The number of halogens is 1. The van der Waals surface area contributed by atoms with Crippen molar-refractivity contribution in [2.24, 2.45) is 0 Å². The molecule has 88 valence electrons. The van der Waals surface area contributed by atoms with Gasteiger partial charge in [-0.3, -0.25) is 4.79 Å². The van der Waals surface area contributed by atoms with Gasteiger partial charge in [0, 0.05) is 11.0 Å². The summed E-state index contributed by atoms with van der Waals surface area (Å²) >= 11 is 3.40. The second-order valence-corrected chi connectivity index (χ2v) is 4.37. The second-order valence-electron chi connectivity index (χ2n) is 3.45. The topological polar surface area (TPSA) is 38.3 Å². The minimum absolute atomic E-state index is 0.170. The lowest BCUT2D eigenvalue weighted by molar-refractivity contribution is -0.140. The number of carbonyl (C=O) groups is 1. The predicted molar refractivity (Wildman–Crippen MR) is 67.3 cm³/mol. The summed E-state index contributed by atoms with van der Waals surface area (Å²) in [5.41, 5.74) is 1.29. The molecule has 0 fully saturated rings. The minimum atomic E-state index is -0.170. The van der Waals surface area contributed by atoms with Crippen molar-refractivity contribution in [1.29, 1.82) is 0 Å². The minimum Gasteiger partial charge on any atom is -0.469 e. The summed E-state index contributed by atoms with van der Waals surface area (Å²) in [6.07, 6.45) is 1.39. The highest BCUT2D eigenvalue weighted by molar-refractivity contribution is 9.10. The predicted octanol–water partition coefficient (Wildman–Crippen LogP) is 2.14. The van der Waals surface area contributed by atoms with Gasteiger partial charge in [-0.2, -0.15) is 0 Å². The number of esters is 1. The molecule has 0 saturated heterocycles. The van der Waals surface area contributed by atoms with E-state index >= 15 is 0 Å². The Morgan fingerprint density at radius 3 is 2.62 bits per heavy atom. The molecule has 0 aliphatic heterocycles. The van der Waals surface area contributed by atoms with Crippen molar-refractivity contribution in [3.8, 4) is 0 Å². The Balaban J connectivity index is 2.11. The molecule has 0 atom stereocenters. The molecule has 0 aromatic heterocycles. The monoisotopic (exact) mass is 285 g/mol. The molecule has 0 unspecified atom stereocenters. The van der Waals surface area contributed by atoms with E-state index in [2.05, 4.69) is 38.1 Å². The molecule has 16 heavy (non-hydrogen) atoms. The summed E-state index contributed by atoms with van der Waals surface area (Å²) in [7, 11) is 1.41. The van der Waals surface area contributed by atoms with Crippen LogP contribution in [0.2, 0.25) is 0 Å². The van der Waals surface area contributed by atoms with Crippen molar-refractivity contribution in [2.45, 2.75) is 12.8 Å². The molecule has 0 radical (unpaired) electrons. The fraction of sp³-hybridized carbons (Fsp3) is 0.417. The normalized spacial score (nSPS) is 10.1. The summed E-state index contributed by atoms with van der Waals surface area (Å²) in [5, 5.41) is 3.20. The third-order valence-corrected chi connectivity index (χ3v) is 2.77. The first-order chi connectivity index (χ1) is 7.72. The van der Waals surface area contributed by atoms with Crippen LogP contribution in [0, 0.1) is 0 Å². The number of benzene rings is 1. The van der Waals surface area contributed by atoms with Crippen LogP contribution >= 0.6 is 15.9 Å². The zero-order chi connectivity index (χ0) is 11.8. The molecule has 0 saturated carbocycles. The lowest BCUT2D eigenvalue weighted by atomic mass is 10.1. The number of hydrogen-bond acceptors (Lipinski definition) is 3. The first-order valence-corrected chi connectivity index (χ1v) is 6.03. The maximum absolute atomic E-state index is 10.8. The Morgan fingerprint density at radius 1 is 1.31 bits per heavy atom. The van der Waals surface area contributed by atoms with Gasteiger partial charge >= 0.3 is 5.97 Å². The van der Waals surface area contributed by atoms with E-state index in [1.165, 1.54) is 12.7 Å². The van der Waals surface area contributed by atoms with Gasteiger partial charge in [0.25, 0.3) is 0 Å². The maximum atomic E-state index is 10.8. The Kier molecular flexibility index (Phi) is 6.11. The molecular formula is C12H16BrNO2. The molecule has 1 aromatic rings. The van der Waals surface area contributed by atoms with E-state index in [9.17, 15) is 4.79 Å². The second kappa shape index (κ2) is 7.41. The maximum Gasteiger partial charge on any atom is 0.306 e. The van der Waals surface area contributed by atoms with Crippen molar-refractivity contribution in [3.63, 3.8) is 0 Å². The zero-order valence-electron chi connectivity index (χ0n) is 9.33. The first kappa shape index (κ1) is 13.2. The fourth-order valence-corrected chi connectivity index (χ4v) is 1.57. The lowest BCUT2D eigenvalue weighted by Gasteiger charge is -2.04. The van der Waals surface area contributed by atoms with E-state index in [1.807, 2.05) is 12.1 Å². The Labute approximate surface area is 104 Å². The van der Waals surface area contributed by atoms with E-state index in [0.717, 1.165) is 17.4 Å². The van der Waals surface area contributed by atoms with Gasteiger partial charge in [-0.1, -0.05) is 28.1 Å². The molecule has 0 amide bonds. The van der Waals surface area contributed by atoms with Crippen LogP contribution in [0.25, 0.3) is 0 Å². The number of methoxy groups -OCH3 is 1. The highest BCUT2D eigenvalue weighted by Crippen LogP contribution is 2.10. The molecule has 0 aliphatic rings. The third kappa shape index (κ3) is 5.28.